The number of hydrogen-bond donors (Lipinski definition) is 2. The van der Waals surface area contributed by atoms with Crippen LogP contribution in [0.1, 0.15) is 30.6 Å². The van der Waals surface area contributed by atoms with E-state index in [0.29, 0.717) is 46.4 Å². The number of anilines is 1. The highest BCUT2D eigenvalue weighted by Crippen LogP contribution is 2.29. The molecule has 3 aromatic rings. The Morgan fingerprint density at radius 2 is 2.00 bits per heavy atom. The molecular weight excluding hydrogens is 348 g/mol. The van der Waals surface area contributed by atoms with Gasteiger partial charge < -0.3 is 19.2 Å². The zero-order valence-corrected chi connectivity index (χ0v) is 15.5. The van der Waals surface area contributed by atoms with Crippen molar-refractivity contribution in [1.29, 1.82) is 0 Å². The van der Waals surface area contributed by atoms with E-state index in [1.54, 1.807) is 36.4 Å². The van der Waals surface area contributed by atoms with Crippen LogP contribution in [0.25, 0.3) is 11.1 Å². The molecule has 0 fully saturated rings. The number of nitrogens with one attached hydrogen (secondary N) is 2. The normalized spacial score (nSPS) is 11.0. The van der Waals surface area contributed by atoms with E-state index in [9.17, 15) is 9.59 Å². The minimum absolute atomic E-state index is 0.299. The van der Waals surface area contributed by atoms with Crippen LogP contribution < -0.4 is 20.5 Å². The quantitative estimate of drug-likeness (QED) is 0.660. The molecule has 0 saturated heterocycles. The SMILES string of the molecule is COc1cc(C(=O)Nc2ccc3oc(=O)[nH]c3c2)ccc1OCCC(C)C. The number of hydrogen-bond acceptors (Lipinski definition) is 5. The summed E-state index contributed by atoms with van der Waals surface area (Å²) in [5.41, 5.74) is 1.93. The van der Waals surface area contributed by atoms with Crippen molar-refractivity contribution in [2.75, 3.05) is 19.0 Å². The van der Waals surface area contributed by atoms with E-state index in [4.69, 9.17) is 13.9 Å². The summed E-state index contributed by atoms with van der Waals surface area (Å²) in [5.74, 6) is 0.815. The zero-order chi connectivity index (χ0) is 19.4. The van der Waals surface area contributed by atoms with Crippen LogP contribution in [0.15, 0.2) is 45.6 Å². The van der Waals surface area contributed by atoms with E-state index in [1.807, 2.05) is 0 Å². The molecule has 0 atom stereocenters. The van der Waals surface area contributed by atoms with Crippen LogP contribution in [-0.2, 0) is 0 Å². The molecule has 2 aromatic carbocycles. The topological polar surface area (TPSA) is 93.6 Å². The Hall–Kier alpha value is -3.22. The molecule has 0 spiro atoms. The minimum Gasteiger partial charge on any atom is -0.493 e. The number of aromatic nitrogens is 1. The van der Waals surface area contributed by atoms with Crippen LogP contribution >= 0.6 is 0 Å². The third-order valence-corrected chi connectivity index (χ3v) is 4.06. The van der Waals surface area contributed by atoms with Crippen molar-refractivity contribution in [3.8, 4) is 11.5 Å². The second kappa shape index (κ2) is 7.99. The van der Waals surface area contributed by atoms with Gasteiger partial charge in [-0.05, 0) is 48.7 Å². The third kappa shape index (κ3) is 4.49. The number of H-pyrrole nitrogens is 1. The third-order valence-electron chi connectivity index (χ3n) is 4.06. The van der Waals surface area contributed by atoms with E-state index in [2.05, 4.69) is 24.1 Å². The van der Waals surface area contributed by atoms with Crippen LogP contribution in [0, 0.1) is 5.92 Å². The average molecular weight is 370 g/mol. The monoisotopic (exact) mass is 370 g/mol. The molecule has 2 N–H and O–H groups in total. The Kier molecular flexibility index (Phi) is 5.49. The molecule has 0 bridgehead atoms. The second-order valence-corrected chi connectivity index (χ2v) is 6.58. The number of carbonyl (C=O) groups is 1. The van der Waals surface area contributed by atoms with Crippen LogP contribution in [-0.4, -0.2) is 24.6 Å². The van der Waals surface area contributed by atoms with Crippen LogP contribution in [0.4, 0.5) is 5.69 Å². The molecule has 0 aliphatic rings. The molecule has 142 valence electrons. The average Bonchev–Trinajstić information content (AvgIpc) is 3.00. The van der Waals surface area contributed by atoms with Gasteiger partial charge in [-0.2, -0.15) is 0 Å². The smallest absolute Gasteiger partial charge is 0.417 e. The molecule has 1 amide bonds. The summed E-state index contributed by atoms with van der Waals surface area (Å²) in [4.78, 5) is 26.3. The van der Waals surface area contributed by atoms with Gasteiger partial charge in [0.15, 0.2) is 17.1 Å². The molecule has 0 saturated carbocycles. The lowest BCUT2D eigenvalue weighted by atomic mass is 10.1. The van der Waals surface area contributed by atoms with Crippen molar-refractivity contribution in [2.45, 2.75) is 20.3 Å². The first kappa shape index (κ1) is 18.6. The molecule has 3 rings (SSSR count). The maximum Gasteiger partial charge on any atom is 0.417 e. The Labute approximate surface area is 156 Å². The summed E-state index contributed by atoms with van der Waals surface area (Å²) in [6.07, 6.45) is 0.934. The van der Waals surface area contributed by atoms with Gasteiger partial charge in [0.1, 0.15) is 0 Å². The fourth-order valence-electron chi connectivity index (χ4n) is 2.57. The molecule has 27 heavy (non-hydrogen) atoms. The maximum absolute atomic E-state index is 12.5. The Balaban J connectivity index is 1.74. The fourth-order valence-corrected chi connectivity index (χ4v) is 2.57. The van der Waals surface area contributed by atoms with Gasteiger partial charge in [0, 0.05) is 11.3 Å². The highest BCUT2D eigenvalue weighted by Gasteiger charge is 2.12. The van der Waals surface area contributed by atoms with Crippen molar-refractivity contribution in [1.82, 2.24) is 4.98 Å². The van der Waals surface area contributed by atoms with E-state index < -0.39 is 5.76 Å². The largest absolute Gasteiger partial charge is 0.493 e. The predicted molar refractivity (Wildman–Crippen MR) is 103 cm³/mol. The number of oxazole rings is 1. The first-order valence-corrected chi connectivity index (χ1v) is 8.71. The second-order valence-electron chi connectivity index (χ2n) is 6.58. The lowest BCUT2D eigenvalue weighted by molar-refractivity contribution is 0.102. The first-order chi connectivity index (χ1) is 13.0. The van der Waals surface area contributed by atoms with Crippen LogP contribution in [0.3, 0.4) is 0 Å². The summed E-state index contributed by atoms with van der Waals surface area (Å²) in [6.45, 7) is 4.84. The Morgan fingerprint density at radius 3 is 2.74 bits per heavy atom. The van der Waals surface area contributed by atoms with E-state index in [0.717, 1.165) is 6.42 Å². The number of ether oxygens (including phenoxy) is 2. The summed E-state index contributed by atoms with van der Waals surface area (Å²) < 4.78 is 16.0. The van der Waals surface area contributed by atoms with Crippen molar-refractivity contribution in [3.63, 3.8) is 0 Å². The van der Waals surface area contributed by atoms with E-state index in [1.165, 1.54) is 7.11 Å². The zero-order valence-electron chi connectivity index (χ0n) is 15.5. The number of aromatic amines is 1. The molecule has 0 radical (unpaired) electrons. The van der Waals surface area contributed by atoms with E-state index >= 15 is 0 Å². The van der Waals surface area contributed by atoms with Gasteiger partial charge >= 0.3 is 5.76 Å². The maximum atomic E-state index is 12.5. The van der Waals surface area contributed by atoms with Gasteiger partial charge in [-0.15, -0.1) is 0 Å². The molecule has 1 aromatic heterocycles. The molecule has 1 heterocycles. The molecule has 0 aliphatic carbocycles. The molecule has 7 nitrogen and oxygen atoms in total. The number of carbonyl (C=O) groups excluding carboxylic acids is 1. The Bertz CT molecular complexity index is 1000. The summed E-state index contributed by atoms with van der Waals surface area (Å²) >= 11 is 0. The van der Waals surface area contributed by atoms with E-state index in [-0.39, 0.29) is 5.91 Å². The van der Waals surface area contributed by atoms with Gasteiger partial charge in [-0.3, -0.25) is 9.78 Å². The number of rotatable bonds is 7. The highest BCUT2D eigenvalue weighted by atomic mass is 16.5. The summed E-state index contributed by atoms with van der Waals surface area (Å²) in [7, 11) is 1.54. The summed E-state index contributed by atoms with van der Waals surface area (Å²) in [6, 6.07) is 9.97. The van der Waals surface area contributed by atoms with Gasteiger partial charge in [-0.25, -0.2) is 4.79 Å². The van der Waals surface area contributed by atoms with Gasteiger partial charge in [0.25, 0.3) is 5.91 Å². The first-order valence-electron chi connectivity index (χ1n) is 8.71. The molecular formula is C20H22N2O5. The summed E-state index contributed by atoms with van der Waals surface area (Å²) in [5, 5.41) is 2.79. The number of fused-ring (bicyclic) bond motifs is 1. The molecule has 7 heteroatoms. The molecule has 0 aliphatic heterocycles. The Morgan fingerprint density at radius 1 is 1.19 bits per heavy atom. The lowest BCUT2D eigenvalue weighted by Crippen LogP contribution is -2.12. The number of amides is 1. The van der Waals surface area contributed by atoms with Gasteiger partial charge in [-0.1, -0.05) is 13.8 Å². The lowest BCUT2D eigenvalue weighted by Gasteiger charge is -2.13. The van der Waals surface area contributed by atoms with Gasteiger partial charge in [0.05, 0.1) is 19.2 Å². The number of benzene rings is 2. The minimum atomic E-state index is -0.536. The van der Waals surface area contributed by atoms with Crippen molar-refractivity contribution in [2.24, 2.45) is 5.92 Å². The standard InChI is InChI=1S/C20H22N2O5/c1-12(2)8-9-26-17-6-4-13(10-18(17)25-3)19(23)21-14-5-7-16-15(11-14)22-20(24)27-16/h4-7,10-12H,8-9H2,1-3H3,(H,21,23)(H,22,24). The van der Waals surface area contributed by atoms with Crippen LogP contribution in [0.2, 0.25) is 0 Å². The predicted octanol–water partition coefficient (Wildman–Crippen LogP) is 3.81. The van der Waals surface area contributed by atoms with Crippen molar-refractivity contribution >= 4 is 22.7 Å². The molecule has 0 unspecified atom stereocenters. The fraction of sp³-hybridized carbons (Fsp3) is 0.300. The van der Waals surface area contributed by atoms with Crippen molar-refractivity contribution < 1.29 is 18.7 Å². The highest BCUT2D eigenvalue weighted by molar-refractivity contribution is 6.05. The van der Waals surface area contributed by atoms with Gasteiger partial charge in [0.2, 0.25) is 0 Å². The van der Waals surface area contributed by atoms with Crippen molar-refractivity contribution in [3.05, 3.63) is 52.5 Å². The number of methoxy groups -OCH3 is 1. The van der Waals surface area contributed by atoms with Crippen LogP contribution in [0.5, 0.6) is 11.5 Å².